The molecule has 5 heteroatoms. The van der Waals surface area contributed by atoms with E-state index < -0.39 is 0 Å². The maximum Gasteiger partial charge on any atom is 0.271 e. The van der Waals surface area contributed by atoms with Crippen LogP contribution in [0.5, 0.6) is 5.75 Å². The van der Waals surface area contributed by atoms with Gasteiger partial charge in [-0.3, -0.25) is 4.79 Å². The molecule has 0 heterocycles. The van der Waals surface area contributed by atoms with Crippen molar-refractivity contribution in [2.24, 2.45) is 5.10 Å². The van der Waals surface area contributed by atoms with E-state index in [1.54, 1.807) is 24.3 Å². The van der Waals surface area contributed by atoms with Gasteiger partial charge in [0.2, 0.25) is 0 Å². The van der Waals surface area contributed by atoms with Gasteiger partial charge in [0.1, 0.15) is 5.75 Å². The molecule has 114 valence electrons. The topological polar surface area (TPSA) is 61.7 Å². The number of carbonyl (C=O) groups excluding carboxylic acids is 1. The number of rotatable bonds is 3. The van der Waals surface area contributed by atoms with E-state index in [1.165, 1.54) is 6.21 Å². The minimum absolute atomic E-state index is 0.0939. The molecule has 3 aromatic rings. The van der Waals surface area contributed by atoms with Crippen molar-refractivity contribution in [3.63, 3.8) is 0 Å². The van der Waals surface area contributed by atoms with Gasteiger partial charge in [-0.1, -0.05) is 52.3 Å². The predicted molar refractivity (Wildman–Crippen MR) is 94.8 cm³/mol. The Bertz CT molecular complexity index is 901. The lowest BCUT2D eigenvalue weighted by Gasteiger charge is -2.05. The first-order valence-corrected chi connectivity index (χ1v) is 7.74. The van der Waals surface area contributed by atoms with Crippen LogP contribution in [-0.2, 0) is 0 Å². The van der Waals surface area contributed by atoms with Gasteiger partial charge < -0.3 is 5.11 Å². The monoisotopic (exact) mass is 368 g/mol. The van der Waals surface area contributed by atoms with Crippen molar-refractivity contribution in [3.05, 3.63) is 76.3 Å². The Morgan fingerprint density at radius 2 is 1.87 bits per heavy atom. The van der Waals surface area contributed by atoms with Crippen LogP contribution in [0.4, 0.5) is 0 Å². The zero-order chi connectivity index (χ0) is 16.2. The van der Waals surface area contributed by atoms with Gasteiger partial charge in [-0.25, -0.2) is 5.43 Å². The summed E-state index contributed by atoms with van der Waals surface area (Å²) in [6, 6.07) is 18.2. The number of fused-ring (bicyclic) bond motifs is 1. The fraction of sp³-hybridized carbons (Fsp3) is 0. The van der Waals surface area contributed by atoms with Crippen molar-refractivity contribution < 1.29 is 9.90 Å². The summed E-state index contributed by atoms with van der Waals surface area (Å²) in [4.78, 5) is 12.3. The molecular formula is C18H13BrN2O2. The number of phenolic OH excluding ortho intramolecular Hbond substituents is 1. The number of nitrogens with zero attached hydrogens (tertiary/aromatic N) is 1. The van der Waals surface area contributed by atoms with Crippen molar-refractivity contribution in [1.82, 2.24) is 5.43 Å². The molecule has 0 bridgehead atoms. The lowest BCUT2D eigenvalue weighted by atomic mass is 10.0. The number of benzene rings is 3. The van der Waals surface area contributed by atoms with E-state index in [-0.39, 0.29) is 11.7 Å². The summed E-state index contributed by atoms with van der Waals surface area (Å²) < 4.78 is 0.817. The van der Waals surface area contributed by atoms with E-state index in [2.05, 4.69) is 26.5 Å². The van der Waals surface area contributed by atoms with Crippen LogP contribution in [0.3, 0.4) is 0 Å². The second-order valence-corrected chi connectivity index (χ2v) is 5.84. The summed E-state index contributed by atoms with van der Waals surface area (Å²) in [5.41, 5.74) is 3.56. The molecule has 0 spiro atoms. The van der Waals surface area contributed by atoms with Crippen molar-refractivity contribution in [1.29, 1.82) is 0 Å². The van der Waals surface area contributed by atoms with Crippen LogP contribution in [0.1, 0.15) is 15.9 Å². The average molecular weight is 369 g/mol. The highest BCUT2D eigenvalue weighted by Gasteiger charge is 2.08. The first-order valence-electron chi connectivity index (χ1n) is 6.95. The maximum absolute atomic E-state index is 12.3. The van der Waals surface area contributed by atoms with Gasteiger partial charge in [0.25, 0.3) is 5.91 Å². The lowest BCUT2D eigenvalue weighted by Crippen LogP contribution is -2.17. The standard InChI is InChI=1S/C18H13BrN2O2/c19-14-8-9-17(22)13(10-14)11-20-21-18(23)16-7-3-5-12-4-1-2-6-15(12)16/h1-11,22H,(H,21,23)/b20-11-. The fourth-order valence-electron chi connectivity index (χ4n) is 2.27. The smallest absolute Gasteiger partial charge is 0.271 e. The van der Waals surface area contributed by atoms with Crippen molar-refractivity contribution in [3.8, 4) is 5.75 Å². The second-order valence-electron chi connectivity index (χ2n) is 4.93. The molecule has 0 unspecified atom stereocenters. The number of hydrogen-bond acceptors (Lipinski definition) is 3. The Morgan fingerprint density at radius 1 is 1.09 bits per heavy atom. The van der Waals surface area contributed by atoms with Gasteiger partial charge in [0.15, 0.2) is 0 Å². The van der Waals surface area contributed by atoms with E-state index in [0.29, 0.717) is 11.1 Å². The highest BCUT2D eigenvalue weighted by atomic mass is 79.9. The normalized spacial score (nSPS) is 11.0. The molecule has 23 heavy (non-hydrogen) atoms. The molecule has 1 amide bonds. The fourth-order valence-corrected chi connectivity index (χ4v) is 2.65. The molecule has 0 fully saturated rings. The number of hydrogen-bond donors (Lipinski definition) is 2. The molecule has 3 rings (SSSR count). The minimum atomic E-state index is -0.299. The molecule has 0 aromatic heterocycles. The number of amides is 1. The van der Waals surface area contributed by atoms with Crippen molar-refractivity contribution in [2.75, 3.05) is 0 Å². The molecule has 0 aliphatic rings. The second kappa shape index (κ2) is 6.62. The number of nitrogens with one attached hydrogen (secondary N) is 1. The number of hydrazone groups is 1. The minimum Gasteiger partial charge on any atom is -0.507 e. The number of phenols is 1. The van der Waals surface area contributed by atoms with Gasteiger partial charge in [-0.05, 0) is 35.0 Å². The van der Waals surface area contributed by atoms with Crippen molar-refractivity contribution in [2.45, 2.75) is 0 Å². The van der Waals surface area contributed by atoms with E-state index in [4.69, 9.17) is 0 Å². The summed E-state index contributed by atoms with van der Waals surface area (Å²) in [5.74, 6) is -0.205. The number of carbonyl (C=O) groups is 1. The largest absolute Gasteiger partial charge is 0.507 e. The SMILES string of the molecule is O=C(N/N=C\c1cc(Br)ccc1O)c1cccc2ccccc12. The molecule has 0 aliphatic heterocycles. The molecule has 4 nitrogen and oxygen atoms in total. The quantitative estimate of drug-likeness (QED) is 0.540. The molecule has 2 N–H and O–H groups in total. The molecular weight excluding hydrogens is 356 g/mol. The Hall–Kier alpha value is -2.66. The number of halogens is 1. The molecule has 0 atom stereocenters. The third kappa shape index (κ3) is 3.40. The summed E-state index contributed by atoms with van der Waals surface area (Å²) in [5, 5.41) is 15.5. The summed E-state index contributed by atoms with van der Waals surface area (Å²) in [6.45, 7) is 0. The summed E-state index contributed by atoms with van der Waals surface area (Å²) in [6.07, 6.45) is 1.41. The van der Waals surface area contributed by atoms with Gasteiger partial charge in [0, 0.05) is 15.6 Å². The number of aromatic hydroxyl groups is 1. The molecule has 0 saturated heterocycles. The van der Waals surface area contributed by atoms with Crippen LogP contribution in [0.15, 0.2) is 70.2 Å². The Kier molecular flexibility index (Phi) is 4.39. The zero-order valence-electron chi connectivity index (χ0n) is 12.0. The first kappa shape index (κ1) is 15.2. The van der Waals surface area contributed by atoms with Crippen LogP contribution in [0, 0.1) is 0 Å². The highest BCUT2D eigenvalue weighted by Crippen LogP contribution is 2.20. The van der Waals surface area contributed by atoms with E-state index in [9.17, 15) is 9.90 Å². The third-order valence-corrected chi connectivity index (χ3v) is 3.89. The van der Waals surface area contributed by atoms with Crippen LogP contribution < -0.4 is 5.43 Å². The molecule has 0 radical (unpaired) electrons. The van der Waals surface area contributed by atoms with Gasteiger partial charge in [0.05, 0.1) is 6.21 Å². The average Bonchev–Trinajstić information content (AvgIpc) is 2.57. The Balaban J connectivity index is 1.81. The van der Waals surface area contributed by atoms with Crippen LogP contribution in [-0.4, -0.2) is 17.2 Å². The third-order valence-electron chi connectivity index (χ3n) is 3.39. The van der Waals surface area contributed by atoms with Gasteiger partial charge in [-0.2, -0.15) is 5.10 Å². The highest BCUT2D eigenvalue weighted by molar-refractivity contribution is 9.10. The predicted octanol–water partition coefficient (Wildman–Crippen LogP) is 4.07. The summed E-state index contributed by atoms with van der Waals surface area (Å²) >= 11 is 3.32. The van der Waals surface area contributed by atoms with Gasteiger partial charge in [-0.15, -0.1) is 0 Å². The van der Waals surface area contributed by atoms with Gasteiger partial charge >= 0.3 is 0 Å². The Labute approximate surface area is 141 Å². The van der Waals surface area contributed by atoms with Crippen molar-refractivity contribution >= 4 is 38.8 Å². The van der Waals surface area contributed by atoms with E-state index in [1.807, 2.05) is 36.4 Å². The Morgan fingerprint density at radius 3 is 2.74 bits per heavy atom. The maximum atomic E-state index is 12.3. The van der Waals surface area contributed by atoms with E-state index >= 15 is 0 Å². The van der Waals surface area contributed by atoms with E-state index in [0.717, 1.165) is 15.2 Å². The van der Waals surface area contributed by atoms with Crippen LogP contribution >= 0.6 is 15.9 Å². The van der Waals surface area contributed by atoms with Crippen LogP contribution in [0.2, 0.25) is 0 Å². The van der Waals surface area contributed by atoms with Crippen LogP contribution in [0.25, 0.3) is 10.8 Å². The molecule has 0 aliphatic carbocycles. The molecule has 3 aromatic carbocycles. The molecule has 0 saturated carbocycles. The first-order chi connectivity index (χ1) is 11.1. The zero-order valence-corrected chi connectivity index (χ0v) is 13.6. The lowest BCUT2D eigenvalue weighted by molar-refractivity contribution is 0.0957. The summed E-state index contributed by atoms with van der Waals surface area (Å²) in [7, 11) is 0.